The van der Waals surface area contributed by atoms with Gasteiger partial charge >= 0.3 is 0 Å². The van der Waals surface area contributed by atoms with Gasteiger partial charge in [0.15, 0.2) is 0 Å². The van der Waals surface area contributed by atoms with Crippen molar-refractivity contribution in [3.63, 3.8) is 0 Å². The van der Waals surface area contributed by atoms with Gasteiger partial charge in [-0.3, -0.25) is 4.79 Å². The third-order valence-corrected chi connectivity index (χ3v) is 3.60. The first kappa shape index (κ1) is 16.2. The minimum atomic E-state index is -0.0476. The quantitative estimate of drug-likeness (QED) is 0.820. The molecule has 0 radical (unpaired) electrons. The highest BCUT2D eigenvalue weighted by Gasteiger charge is 2.08. The van der Waals surface area contributed by atoms with Gasteiger partial charge in [0.25, 0.3) is 0 Å². The molecule has 22 heavy (non-hydrogen) atoms. The summed E-state index contributed by atoms with van der Waals surface area (Å²) < 4.78 is 10.4. The maximum Gasteiger partial charge on any atom is 0.222 e. The third kappa shape index (κ3) is 4.43. The van der Waals surface area contributed by atoms with E-state index in [0.29, 0.717) is 30.3 Å². The number of methoxy groups -OCH3 is 1. The maximum atomic E-state index is 11.8. The zero-order valence-corrected chi connectivity index (χ0v) is 13.4. The number of carbonyl (C=O) groups is 1. The van der Waals surface area contributed by atoms with Crippen molar-refractivity contribution in [2.75, 3.05) is 19.0 Å². The molecule has 2 rings (SSSR count). The first-order chi connectivity index (χ1) is 10.6. The number of benzene rings is 1. The summed E-state index contributed by atoms with van der Waals surface area (Å²) in [6.07, 6.45) is 1.93. The maximum absolute atomic E-state index is 11.8. The van der Waals surface area contributed by atoms with Crippen LogP contribution >= 0.6 is 11.6 Å². The van der Waals surface area contributed by atoms with Crippen LogP contribution in [0.4, 0.5) is 5.69 Å². The van der Waals surface area contributed by atoms with Crippen LogP contribution in [0.2, 0.25) is 5.02 Å². The van der Waals surface area contributed by atoms with Gasteiger partial charge in [-0.1, -0.05) is 11.6 Å². The van der Waals surface area contributed by atoms with Crippen molar-refractivity contribution in [2.45, 2.75) is 19.9 Å². The number of carbonyl (C=O) groups excluding carboxylic acids is 1. The molecule has 0 bridgehead atoms. The lowest BCUT2D eigenvalue weighted by atomic mass is 10.2. The summed E-state index contributed by atoms with van der Waals surface area (Å²) in [5.41, 5.74) is 1.77. The molecule has 1 amide bonds. The van der Waals surface area contributed by atoms with Gasteiger partial charge in [-0.05, 0) is 30.7 Å². The monoisotopic (exact) mass is 322 g/mol. The number of furan rings is 1. The van der Waals surface area contributed by atoms with Crippen LogP contribution in [0.25, 0.3) is 0 Å². The number of rotatable bonds is 7. The molecule has 0 atom stereocenters. The van der Waals surface area contributed by atoms with Crippen LogP contribution in [0.15, 0.2) is 34.9 Å². The summed E-state index contributed by atoms with van der Waals surface area (Å²) in [4.78, 5) is 11.8. The average Bonchev–Trinajstić information content (AvgIpc) is 3.02. The number of hydrogen-bond acceptors (Lipinski definition) is 4. The van der Waals surface area contributed by atoms with E-state index in [1.165, 1.54) is 0 Å². The topological polar surface area (TPSA) is 63.5 Å². The van der Waals surface area contributed by atoms with Gasteiger partial charge in [0.05, 0.1) is 25.6 Å². The lowest BCUT2D eigenvalue weighted by Crippen LogP contribution is -2.24. The van der Waals surface area contributed by atoms with Crippen molar-refractivity contribution < 1.29 is 13.9 Å². The molecule has 0 aliphatic heterocycles. The first-order valence-electron chi connectivity index (χ1n) is 6.97. The standard InChI is InChI=1S/C16H19ClN2O3/c1-11-8-14(15(21-2)9-13(11)17)18-6-5-16(20)19-10-12-4-3-7-22-12/h3-4,7-9,18H,5-6,10H2,1-2H3,(H,19,20). The number of nitrogens with one attached hydrogen (secondary N) is 2. The van der Waals surface area contributed by atoms with Crippen LogP contribution < -0.4 is 15.4 Å². The van der Waals surface area contributed by atoms with E-state index < -0.39 is 0 Å². The fourth-order valence-electron chi connectivity index (χ4n) is 1.97. The number of anilines is 1. The molecule has 0 aliphatic carbocycles. The Bertz CT molecular complexity index is 627. The van der Waals surface area contributed by atoms with Crippen molar-refractivity contribution in [2.24, 2.45) is 0 Å². The van der Waals surface area contributed by atoms with E-state index in [4.69, 9.17) is 20.8 Å². The Kier molecular flexibility index (Phi) is 5.72. The highest BCUT2D eigenvalue weighted by molar-refractivity contribution is 6.31. The first-order valence-corrected chi connectivity index (χ1v) is 7.35. The minimum Gasteiger partial charge on any atom is -0.495 e. The highest BCUT2D eigenvalue weighted by atomic mass is 35.5. The Morgan fingerprint density at radius 3 is 2.91 bits per heavy atom. The third-order valence-electron chi connectivity index (χ3n) is 3.19. The van der Waals surface area contributed by atoms with E-state index in [1.54, 1.807) is 25.5 Å². The van der Waals surface area contributed by atoms with Crippen molar-refractivity contribution >= 4 is 23.2 Å². The second kappa shape index (κ2) is 7.75. The molecule has 0 unspecified atom stereocenters. The molecule has 1 heterocycles. The van der Waals surface area contributed by atoms with Crippen molar-refractivity contribution in [1.29, 1.82) is 0 Å². The predicted molar refractivity (Wildman–Crippen MR) is 86.4 cm³/mol. The molecule has 5 nitrogen and oxygen atoms in total. The van der Waals surface area contributed by atoms with E-state index in [1.807, 2.05) is 19.1 Å². The highest BCUT2D eigenvalue weighted by Crippen LogP contribution is 2.30. The molecule has 0 saturated heterocycles. The number of aryl methyl sites for hydroxylation is 1. The Labute approximate surface area is 134 Å². The Balaban J connectivity index is 1.80. The molecule has 1 aromatic heterocycles. The van der Waals surface area contributed by atoms with Gasteiger partial charge in [0.1, 0.15) is 11.5 Å². The van der Waals surface area contributed by atoms with Gasteiger partial charge < -0.3 is 19.8 Å². The van der Waals surface area contributed by atoms with Crippen LogP contribution in [-0.2, 0) is 11.3 Å². The Hall–Kier alpha value is -2.14. The summed E-state index contributed by atoms with van der Waals surface area (Å²) in [6.45, 7) is 2.82. The van der Waals surface area contributed by atoms with E-state index in [9.17, 15) is 4.79 Å². The van der Waals surface area contributed by atoms with Crippen molar-refractivity contribution in [3.8, 4) is 5.75 Å². The molecule has 0 aliphatic rings. The second-order valence-electron chi connectivity index (χ2n) is 4.83. The van der Waals surface area contributed by atoms with Crippen LogP contribution in [0, 0.1) is 6.92 Å². The van der Waals surface area contributed by atoms with Gasteiger partial charge in [0, 0.05) is 24.1 Å². The normalized spacial score (nSPS) is 10.3. The summed E-state index contributed by atoms with van der Waals surface area (Å²) in [5, 5.41) is 6.64. The lowest BCUT2D eigenvalue weighted by Gasteiger charge is -2.13. The van der Waals surface area contributed by atoms with Crippen molar-refractivity contribution in [3.05, 3.63) is 46.9 Å². The van der Waals surface area contributed by atoms with Crippen LogP contribution in [0.1, 0.15) is 17.7 Å². The van der Waals surface area contributed by atoms with E-state index in [2.05, 4.69) is 10.6 Å². The van der Waals surface area contributed by atoms with Gasteiger partial charge in [-0.15, -0.1) is 0 Å². The Morgan fingerprint density at radius 2 is 2.23 bits per heavy atom. The molecule has 2 aromatic rings. The molecular formula is C16H19ClN2O3. The smallest absolute Gasteiger partial charge is 0.222 e. The second-order valence-corrected chi connectivity index (χ2v) is 5.24. The number of halogens is 1. The zero-order chi connectivity index (χ0) is 15.9. The van der Waals surface area contributed by atoms with Crippen LogP contribution in [0.3, 0.4) is 0 Å². The van der Waals surface area contributed by atoms with Gasteiger partial charge in [-0.2, -0.15) is 0 Å². The van der Waals surface area contributed by atoms with Gasteiger partial charge in [-0.25, -0.2) is 0 Å². The summed E-state index contributed by atoms with van der Waals surface area (Å²) in [6, 6.07) is 7.27. The minimum absolute atomic E-state index is 0.0476. The molecule has 0 fully saturated rings. The SMILES string of the molecule is COc1cc(Cl)c(C)cc1NCCC(=O)NCc1ccco1. The summed E-state index contributed by atoms with van der Waals surface area (Å²) in [7, 11) is 1.59. The summed E-state index contributed by atoms with van der Waals surface area (Å²) >= 11 is 6.06. The number of hydrogen-bond donors (Lipinski definition) is 2. The van der Waals surface area contributed by atoms with E-state index >= 15 is 0 Å². The molecule has 118 valence electrons. The zero-order valence-electron chi connectivity index (χ0n) is 12.6. The fourth-order valence-corrected chi connectivity index (χ4v) is 2.12. The number of ether oxygens (including phenoxy) is 1. The van der Waals surface area contributed by atoms with E-state index in [-0.39, 0.29) is 5.91 Å². The molecule has 0 spiro atoms. The molecule has 1 aromatic carbocycles. The fraction of sp³-hybridized carbons (Fsp3) is 0.312. The van der Waals surface area contributed by atoms with Gasteiger partial charge in [0.2, 0.25) is 5.91 Å². The Morgan fingerprint density at radius 1 is 1.41 bits per heavy atom. The largest absolute Gasteiger partial charge is 0.495 e. The molecule has 6 heteroatoms. The molecule has 0 saturated carbocycles. The van der Waals surface area contributed by atoms with Crippen molar-refractivity contribution in [1.82, 2.24) is 5.32 Å². The van der Waals surface area contributed by atoms with E-state index in [0.717, 1.165) is 17.0 Å². The summed E-state index contributed by atoms with van der Waals surface area (Å²) in [5.74, 6) is 1.34. The average molecular weight is 323 g/mol. The molecule has 2 N–H and O–H groups in total. The lowest BCUT2D eigenvalue weighted by molar-refractivity contribution is -0.121. The number of amides is 1. The molecular weight excluding hydrogens is 304 g/mol. The van der Waals surface area contributed by atoms with Crippen LogP contribution in [-0.4, -0.2) is 19.6 Å². The predicted octanol–water partition coefficient (Wildman–Crippen LogP) is 3.37. The van der Waals surface area contributed by atoms with Crippen LogP contribution in [0.5, 0.6) is 5.75 Å².